The number of carbonyl (C=O) groups is 1. The monoisotopic (exact) mass is 309 g/mol. The summed E-state index contributed by atoms with van der Waals surface area (Å²) in [5, 5.41) is -0.466. The first-order valence-electron chi connectivity index (χ1n) is 6.14. The van der Waals surface area contributed by atoms with Crippen LogP contribution in [0.25, 0.3) is 0 Å². The second kappa shape index (κ2) is 6.26. The fourth-order valence-electron chi connectivity index (χ4n) is 2.03. The van der Waals surface area contributed by atoms with Gasteiger partial charge in [0.15, 0.2) is 10.8 Å². The molecule has 106 valence electrons. The van der Waals surface area contributed by atoms with Crippen molar-refractivity contribution in [3.8, 4) is 0 Å². The van der Waals surface area contributed by atoms with E-state index in [1.54, 1.807) is 11.8 Å². The third-order valence-electron chi connectivity index (χ3n) is 3.03. The summed E-state index contributed by atoms with van der Waals surface area (Å²) < 4.78 is 37.1. The molecule has 0 unspecified atom stereocenters. The molecular weight excluding hydrogens is 295 g/mol. The number of halogens is 3. The molecule has 1 fully saturated rings. The summed E-state index contributed by atoms with van der Waals surface area (Å²) in [7, 11) is 0. The van der Waals surface area contributed by atoms with E-state index in [2.05, 4.69) is 4.98 Å². The Morgan fingerprint density at radius 2 is 2.05 bits per heavy atom. The van der Waals surface area contributed by atoms with E-state index < -0.39 is 11.2 Å². The van der Waals surface area contributed by atoms with E-state index in [0.29, 0.717) is 16.6 Å². The Morgan fingerprint density at radius 1 is 1.37 bits per heavy atom. The molecule has 1 aliphatic carbocycles. The van der Waals surface area contributed by atoms with Crippen molar-refractivity contribution in [3.05, 3.63) is 16.1 Å². The van der Waals surface area contributed by atoms with Gasteiger partial charge in [0.1, 0.15) is 0 Å². The molecule has 0 aliphatic heterocycles. The summed E-state index contributed by atoms with van der Waals surface area (Å²) in [6.45, 7) is 0. The van der Waals surface area contributed by atoms with Gasteiger partial charge in [-0.1, -0.05) is 19.3 Å². The Balaban J connectivity index is 1.87. The van der Waals surface area contributed by atoms with Crippen LogP contribution in [0.3, 0.4) is 0 Å². The van der Waals surface area contributed by atoms with Crippen molar-refractivity contribution in [2.24, 2.45) is 0 Å². The Morgan fingerprint density at radius 3 is 2.63 bits per heavy atom. The van der Waals surface area contributed by atoms with Crippen LogP contribution in [-0.2, 0) is 6.18 Å². The van der Waals surface area contributed by atoms with Gasteiger partial charge in [0.05, 0.1) is 10.6 Å². The predicted octanol–water partition coefficient (Wildman–Crippen LogP) is 4.41. The van der Waals surface area contributed by atoms with Gasteiger partial charge in [-0.2, -0.15) is 24.9 Å². The van der Waals surface area contributed by atoms with E-state index in [-0.39, 0.29) is 16.4 Å². The highest BCUT2D eigenvalue weighted by Gasteiger charge is 2.35. The molecule has 2 rings (SSSR count). The summed E-state index contributed by atoms with van der Waals surface area (Å²) in [6.07, 6.45) is 2.41. The minimum absolute atomic E-state index is 0.107. The molecule has 1 aromatic heterocycles. The third kappa shape index (κ3) is 4.21. The maximum Gasteiger partial charge on any atom is 0.443 e. The van der Waals surface area contributed by atoms with Crippen LogP contribution in [0, 0.1) is 0 Å². The molecule has 19 heavy (non-hydrogen) atoms. The number of thioether (sulfide) groups is 1. The van der Waals surface area contributed by atoms with Gasteiger partial charge in [-0.25, -0.2) is 4.98 Å². The first-order chi connectivity index (χ1) is 8.97. The molecule has 7 heteroatoms. The lowest BCUT2D eigenvalue weighted by molar-refractivity contribution is -0.137. The SMILES string of the molecule is O=C(CSC1CCCCC1)c1cnc(C(F)(F)F)s1. The summed E-state index contributed by atoms with van der Waals surface area (Å²) in [4.78, 5) is 15.2. The molecule has 1 aliphatic rings. The number of alkyl halides is 3. The lowest BCUT2D eigenvalue weighted by atomic mass is 10.0. The average molecular weight is 309 g/mol. The van der Waals surface area contributed by atoms with Crippen LogP contribution in [-0.4, -0.2) is 21.8 Å². The van der Waals surface area contributed by atoms with Crippen molar-refractivity contribution in [2.45, 2.75) is 43.5 Å². The average Bonchev–Trinajstić information content (AvgIpc) is 2.87. The van der Waals surface area contributed by atoms with E-state index in [0.717, 1.165) is 19.0 Å². The number of rotatable bonds is 4. The van der Waals surface area contributed by atoms with E-state index >= 15 is 0 Å². The largest absolute Gasteiger partial charge is 0.443 e. The van der Waals surface area contributed by atoms with Crippen molar-refractivity contribution in [3.63, 3.8) is 0 Å². The lowest BCUT2D eigenvalue weighted by Crippen LogP contribution is -2.11. The Labute approximate surface area is 117 Å². The number of hydrogen-bond donors (Lipinski definition) is 0. The summed E-state index contributed by atoms with van der Waals surface area (Å²) in [6, 6.07) is 0. The van der Waals surface area contributed by atoms with Crippen LogP contribution in [0.4, 0.5) is 13.2 Å². The summed E-state index contributed by atoms with van der Waals surface area (Å²) >= 11 is 2.00. The van der Waals surface area contributed by atoms with Gasteiger partial charge in [0.2, 0.25) is 0 Å². The molecule has 0 spiro atoms. The summed E-state index contributed by atoms with van der Waals surface area (Å²) in [5.74, 6) is 0.00743. The smallest absolute Gasteiger partial charge is 0.292 e. The van der Waals surface area contributed by atoms with Gasteiger partial charge >= 0.3 is 6.18 Å². The standard InChI is InChI=1S/C12H14F3NOS2/c13-12(14,15)11-16-6-10(19-11)9(17)7-18-8-4-2-1-3-5-8/h6,8H,1-5,7H2. The minimum atomic E-state index is -4.46. The maximum atomic E-state index is 12.4. The molecule has 0 atom stereocenters. The van der Waals surface area contributed by atoms with Crippen LogP contribution in [0.5, 0.6) is 0 Å². The van der Waals surface area contributed by atoms with Gasteiger partial charge in [0, 0.05) is 11.4 Å². The number of nitrogens with zero attached hydrogens (tertiary/aromatic N) is 1. The Bertz CT molecular complexity index is 438. The van der Waals surface area contributed by atoms with Gasteiger partial charge in [-0.3, -0.25) is 4.79 Å². The number of Topliss-reactive ketones (excluding diaryl/α,β-unsaturated/α-hetero) is 1. The quantitative estimate of drug-likeness (QED) is 0.772. The second-order valence-electron chi connectivity index (χ2n) is 4.52. The minimum Gasteiger partial charge on any atom is -0.292 e. The highest BCUT2D eigenvalue weighted by atomic mass is 32.2. The van der Waals surface area contributed by atoms with Crippen LogP contribution in [0.2, 0.25) is 0 Å². The van der Waals surface area contributed by atoms with E-state index in [1.165, 1.54) is 19.3 Å². The molecule has 1 saturated carbocycles. The fraction of sp³-hybridized carbons (Fsp3) is 0.667. The lowest BCUT2D eigenvalue weighted by Gasteiger charge is -2.20. The first kappa shape index (κ1) is 14.8. The van der Waals surface area contributed by atoms with Crippen LogP contribution in [0.15, 0.2) is 6.20 Å². The van der Waals surface area contributed by atoms with Crippen molar-refractivity contribution >= 4 is 28.9 Å². The Hall–Kier alpha value is -0.560. The molecule has 1 heterocycles. The number of ketones is 1. The van der Waals surface area contributed by atoms with Crippen molar-refractivity contribution < 1.29 is 18.0 Å². The van der Waals surface area contributed by atoms with Crippen LogP contribution < -0.4 is 0 Å². The maximum absolute atomic E-state index is 12.4. The van der Waals surface area contributed by atoms with Crippen LogP contribution >= 0.6 is 23.1 Å². The van der Waals surface area contributed by atoms with E-state index in [1.807, 2.05) is 0 Å². The molecule has 0 aromatic carbocycles. The van der Waals surface area contributed by atoms with Gasteiger partial charge in [-0.15, -0.1) is 11.3 Å². The van der Waals surface area contributed by atoms with Gasteiger partial charge in [-0.05, 0) is 12.8 Å². The van der Waals surface area contributed by atoms with Crippen LogP contribution in [0.1, 0.15) is 46.8 Å². The molecule has 0 radical (unpaired) electrons. The number of thiazole rings is 1. The second-order valence-corrected chi connectivity index (χ2v) is 6.84. The van der Waals surface area contributed by atoms with Crippen molar-refractivity contribution in [1.82, 2.24) is 4.98 Å². The number of hydrogen-bond acceptors (Lipinski definition) is 4. The van der Waals surface area contributed by atoms with Crippen molar-refractivity contribution in [1.29, 1.82) is 0 Å². The third-order valence-corrected chi connectivity index (χ3v) is 5.48. The summed E-state index contributed by atoms with van der Waals surface area (Å²) in [5.41, 5.74) is 0. The zero-order valence-electron chi connectivity index (χ0n) is 10.2. The Kier molecular flexibility index (Phi) is 4.89. The fourth-order valence-corrected chi connectivity index (χ4v) is 4.05. The zero-order valence-corrected chi connectivity index (χ0v) is 11.8. The van der Waals surface area contributed by atoms with Crippen molar-refractivity contribution in [2.75, 3.05) is 5.75 Å². The number of aromatic nitrogens is 1. The molecule has 1 aromatic rings. The van der Waals surface area contributed by atoms with E-state index in [9.17, 15) is 18.0 Å². The molecule has 0 saturated heterocycles. The molecule has 0 N–H and O–H groups in total. The van der Waals surface area contributed by atoms with E-state index in [4.69, 9.17) is 0 Å². The predicted molar refractivity (Wildman–Crippen MR) is 70.8 cm³/mol. The molecule has 0 bridgehead atoms. The normalized spacial score (nSPS) is 17.6. The van der Waals surface area contributed by atoms with Gasteiger partial charge < -0.3 is 0 Å². The molecular formula is C12H14F3NOS2. The first-order valence-corrected chi connectivity index (χ1v) is 8.01. The highest BCUT2D eigenvalue weighted by molar-refractivity contribution is 8.00. The highest BCUT2D eigenvalue weighted by Crippen LogP contribution is 2.33. The van der Waals surface area contributed by atoms with Gasteiger partial charge in [0.25, 0.3) is 0 Å². The molecule has 0 amide bonds. The molecule has 2 nitrogen and oxygen atoms in total. The zero-order chi connectivity index (χ0) is 13.9. The number of carbonyl (C=O) groups excluding carboxylic acids is 1. The topological polar surface area (TPSA) is 30.0 Å².